The molecule has 0 radical (unpaired) electrons. The molecule has 2 aromatic heterocycles. The summed E-state index contributed by atoms with van der Waals surface area (Å²) >= 11 is 0.894. The Balaban J connectivity index is 1.04. The van der Waals surface area contributed by atoms with Crippen LogP contribution in [0, 0.1) is 5.41 Å². The van der Waals surface area contributed by atoms with Crippen LogP contribution in [-0.2, 0) is 65.0 Å². The predicted molar refractivity (Wildman–Crippen MR) is 246 cm³/mol. The summed E-state index contributed by atoms with van der Waals surface area (Å²) in [6.45, 7) is 2.05. The standard InChI is InChI=1S/C40H68N7O22P3S/c1-24-26(49)19-27(50)39(66-24)63-16-11-9-7-5-4-6-8-10-12-25(48)18-30(52)73-17-15-42-29(51)13-14-43-37(55)34(54)40(2,3)21-65-72(61,62)69-71(59,60)64-20-28-33(68-70(56,57)58)32(53)38(67-28)47-23-46-31-35(41)44-22-45-36(31)47/h22-24,26-28,32-34,38-39,49-50,53-54H,4-21H2,1-3H3,(H,42,51)(H,43,55)(H,59,60)(H,61,62)(H2,41,44,45)(H2,56,57,58)/p-4/t24-,26+,27+,28+,32+,33+,34-,38+,39+/m0/s1. The van der Waals surface area contributed by atoms with Gasteiger partial charge in [0.1, 0.15) is 48.1 Å². The molecule has 4 heterocycles. The summed E-state index contributed by atoms with van der Waals surface area (Å²) in [5.74, 6) is -1.64. The van der Waals surface area contributed by atoms with E-state index in [0.717, 1.165) is 73.9 Å². The largest absolute Gasteiger partial charge is 0.790 e. The van der Waals surface area contributed by atoms with Crippen LogP contribution in [0.25, 0.3) is 11.2 Å². The number of phosphoric acid groups is 3. The number of aliphatic hydroxyl groups is 4. The molecule has 2 aliphatic heterocycles. The van der Waals surface area contributed by atoms with Crippen LogP contribution in [0.15, 0.2) is 12.7 Å². The fourth-order valence-electron chi connectivity index (χ4n) is 7.35. The lowest BCUT2D eigenvalue weighted by molar-refractivity contribution is -0.347. The summed E-state index contributed by atoms with van der Waals surface area (Å²) in [6, 6.07) is 0. The maximum atomic E-state index is 12.7. The summed E-state index contributed by atoms with van der Waals surface area (Å²) in [5, 5.41) is 45.7. The van der Waals surface area contributed by atoms with E-state index in [1.54, 1.807) is 6.92 Å². The number of carbonyl (C=O) groups excluding carboxylic acids is 4. The molecule has 2 aliphatic rings. The number of rotatable bonds is 33. The molecule has 11 atom stereocenters. The number of unbranched alkanes of at least 4 members (excludes halogenated alkanes) is 7. The van der Waals surface area contributed by atoms with Gasteiger partial charge < -0.3 is 88.7 Å². The fourth-order valence-corrected chi connectivity index (χ4v) is 10.8. The van der Waals surface area contributed by atoms with Gasteiger partial charge in [0.25, 0.3) is 15.6 Å². The van der Waals surface area contributed by atoms with Gasteiger partial charge in [0, 0.05) is 50.1 Å². The molecule has 33 heteroatoms. The molecule has 8 N–H and O–H groups in total. The maximum absolute atomic E-state index is 12.7. The van der Waals surface area contributed by atoms with E-state index in [2.05, 4.69) is 43.5 Å². The van der Waals surface area contributed by atoms with E-state index in [0.29, 0.717) is 19.4 Å². The van der Waals surface area contributed by atoms with Crippen LogP contribution in [0.3, 0.4) is 0 Å². The normalized spacial score (nSPS) is 24.7. The van der Waals surface area contributed by atoms with Crippen molar-refractivity contribution >= 4 is 74.9 Å². The number of ether oxygens (including phenoxy) is 3. The third kappa shape index (κ3) is 21.2. The number of ketones is 1. The molecule has 0 aromatic carbocycles. The number of hydrogen-bond acceptors (Lipinski definition) is 27. The van der Waals surface area contributed by atoms with Gasteiger partial charge in [-0.1, -0.05) is 64.1 Å². The molecule has 2 amide bonds. The van der Waals surface area contributed by atoms with Crippen LogP contribution in [0.4, 0.5) is 5.82 Å². The number of thioether (sulfide) groups is 1. The van der Waals surface area contributed by atoms with E-state index in [1.165, 1.54) is 13.8 Å². The maximum Gasteiger partial charge on any atom is 0.274 e. The van der Waals surface area contributed by atoms with Gasteiger partial charge in [-0.15, -0.1) is 0 Å². The second-order valence-corrected chi connectivity index (χ2v) is 23.2. The number of fused-ring (bicyclic) bond motifs is 1. The zero-order chi connectivity index (χ0) is 54.1. The van der Waals surface area contributed by atoms with Gasteiger partial charge in [-0.2, -0.15) is 0 Å². The molecule has 2 unspecified atom stereocenters. The molecule has 4 rings (SSSR count). The van der Waals surface area contributed by atoms with Crippen molar-refractivity contribution in [3.05, 3.63) is 12.7 Å². The monoisotopic (exact) mass is 1120 g/mol. The molecule has 0 bridgehead atoms. The van der Waals surface area contributed by atoms with Crippen molar-refractivity contribution in [3.8, 4) is 0 Å². The van der Waals surface area contributed by atoms with Crippen molar-refractivity contribution in [2.45, 2.75) is 153 Å². The third-order valence-corrected chi connectivity index (χ3v) is 15.3. The minimum absolute atomic E-state index is 0.0323. The van der Waals surface area contributed by atoms with Gasteiger partial charge >= 0.3 is 0 Å². The van der Waals surface area contributed by atoms with Crippen molar-refractivity contribution in [1.29, 1.82) is 0 Å². The Hall–Kier alpha value is -2.93. The fraction of sp³-hybridized carbons (Fsp3) is 0.775. The molecule has 2 saturated heterocycles. The highest BCUT2D eigenvalue weighted by molar-refractivity contribution is 8.13. The lowest BCUT2D eigenvalue weighted by Gasteiger charge is -2.36. The number of aromatic nitrogens is 4. The number of phosphoric ester groups is 3. The number of hydrogen-bond donors (Lipinski definition) is 7. The minimum atomic E-state index is -5.95. The number of imidazole rings is 1. The first-order valence-corrected chi connectivity index (χ1v) is 28.7. The van der Waals surface area contributed by atoms with Gasteiger partial charge in [-0.3, -0.25) is 32.9 Å². The first-order chi connectivity index (χ1) is 34.2. The number of nitrogen functional groups attached to an aromatic ring is 1. The van der Waals surface area contributed by atoms with Crippen LogP contribution >= 0.6 is 35.2 Å². The van der Waals surface area contributed by atoms with Gasteiger partial charge in [0.2, 0.25) is 11.8 Å². The molecule has 2 aromatic rings. The van der Waals surface area contributed by atoms with E-state index in [4.69, 9.17) is 19.9 Å². The van der Waals surface area contributed by atoms with Crippen LogP contribution < -0.4 is 35.9 Å². The smallest absolute Gasteiger partial charge is 0.274 e. The number of nitrogens with two attached hydrogens (primary N) is 1. The zero-order valence-electron chi connectivity index (χ0n) is 40.3. The average Bonchev–Trinajstić information content (AvgIpc) is 3.86. The highest BCUT2D eigenvalue weighted by atomic mass is 32.2. The summed E-state index contributed by atoms with van der Waals surface area (Å²) in [4.78, 5) is 109. The number of aliphatic hydroxyl groups excluding tert-OH is 4. The highest BCUT2D eigenvalue weighted by Crippen LogP contribution is 2.56. The van der Waals surface area contributed by atoms with Gasteiger partial charge in [-0.25, -0.2) is 19.3 Å². The summed E-state index contributed by atoms with van der Waals surface area (Å²) in [5.41, 5.74) is 4.02. The lowest BCUT2D eigenvalue weighted by Crippen LogP contribution is -2.47. The second kappa shape index (κ2) is 29.0. The highest BCUT2D eigenvalue weighted by Gasteiger charge is 2.47. The number of carbonyl (C=O) groups is 4. The van der Waals surface area contributed by atoms with E-state index in [-0.39, 0.29) is 72.1 Å². The van der Waals surface area contributed by atoms with Crippen LogP contribution in [0.1, 0.15) is 104 Å². The zero-order valence-corrected chi connectivity index (χ0v) is 43.8. The van der Waals surface area contributed by atoms with Crippen molar-refractivity contribution in [2.75, 3.05) is 44.4 Å². The Morgan fingerprint density at radius 3 is 2.25 bits per heavy atom. The van der Waals surface area contributed by atoms with Crippen LogP contribution in [-0.4, -0.2) is 150 Å². The molecule has 0 aliphatic carbocycles. The Bertz CT molecular complexity index is 2280. The topological polar surface area (TPSA) is 451 Å². The number of Topliss-reactive ketones (excluding diaryl/α,β-unsaturated/α-hetero) is 1. The van der Waals surface area contributed by atoms with Gasteiger partial charge in [-0.05, 0) is 19.8 Å². The van der Waals surface area contributed by atoms with Crippen LogP contribution in [0.5, 0.6) is 0 Å². The van der Waals surface area contributed by atoms with E-state index >= 15 is 0 Å². The molecular formula is C40H64N7O22P3S-4. The summed E-state index contributed by atoms with van der Waals surface area (Å²) in [7, 11) is -17.7. The van der Waals surface area contributed by atoms with Crippen molar-refractivity contribution in [3.63, 3.8) is 0 Å². The van der Waals surface area contributed by atoms with E-state index < -0.39 is 103 Å². The molecule has 29 nitrogen and oxygen atoms in total. The predicted octanol–water partition coefficient (Wildman–Crippen LogP) is -1.52. The lowest BCUT2D eigenvalue weighted by atomic mass is 9.87. The molecule has 416 valence electrons. The molecule has 73 heavy (non-hydrogen) atoms. The average molecular weight is 1120 g/mol. The Morgan fingerprint density at radius 1 is 0.904 bits per heavy atom. The number of nitrogens with one attached hydrogen (secondary N) is 2. The van der Waals surface area contributed by atoms with E-state index in [9.17, 15) is 72.9 Å². The molecular weight excluding hydrogens is 1060 g/mol. The van der Waals surface area contributed by atoms with Crippen molar-refractivity contribution in [1.82, 2.24) is 30.2 Å². The van der Waals surface area contributed by atoms with E-state index in [1.807, 2.05) is 0 Å². The molecule has 0 spiro atoms. The molecule has 2 fully saturated rings. The molecule has 0 saturated carbocycles. The first-order valence-electron chi connectivity index (χ1n) is 23.3. The third-order valence-electron chi connectivity index (χ3n) is 11.4. The minimum Gasteiger partial charge on any atom is -0.790 e. The van der Waals surface area contributed by atoms with Gasteiger partial charge in [0.15, 0.2) is 29.1 Å². The number of amides is 2. The Labute approximate surface area is 424 Å². The number of nitrogens with zero attached hydrogens (tertiary/aromatic N) is 4. The summed E-state index contributed by atoms with van der Waals surface area (Å²) < 4.78 is 71.9. The van der Waals surface area contributed by atoms with Crippen molar-refractivity contribution in [2.24, 2.45) is 5.41 Å². The van der Waals surface area contributed by atoms with Crippen LogP contribution in [0.2, 0.25) is 0 Å². The van der Waals surface area contributed by atoms with Crippen molar-refractivity contribution < 1.29 is 105 Å². The number of anilines is 1. The van der Waals surface area contributed by atoms with Gasteiger partial charge in [0.05, 0.1) is 46.0 Å². The Morgan fingerprint density at radius 2 is 1.56 bits per heavy atom. The quantitative estimate of drug-likeness (QED) is 0.0242. The second-order valence-electron chi connectivity index (χ2n) is 17.9. The summed E-state index contributed by atoms with van der Waals surface area (Å²) in [6.07, 6.45) is -2.77. The SMILES string of the molecule is C[C@@H]1O[C@@H](OCCCCCCCCCCC(=O)CC(=O)SCCNC(=O)CCNC(=O)[C@H](O)C(C)(C)COP(=O)([O-])OP(=O)([O-])OC[C@H]2O[C@@H](n3cnc4c(N)ncnc43)[C@H](O)[C@@H]2OP(=O)([O-])[O-])[C@H](O)C[C@H]1O. The first kappa shape index (κ1) is 62.6. The Kier molecular flexibility index (Phi) is 24.9.